The smallest absolute Gasteiger partial charge is 0.239 e. The van der Waals surface area contributed by atoms with Gasteiger partial charge in [-0.25, -0.2) is 0 Å². The Morgan fingerprint density at radius 2 is 2.00 bits per heavy atom. The molecule has 8 heteroatoms. The van der Waals surface area contributed by atoms with Crippen molar-refractivity contribution in [2.45, 2.75) is 13.5 Å². The maximum absolute atomic E-state index is 12.1. The number of nitrogens with zero attached hydrogens (tertiary/aromatic N) is 3. The van der Waals surface area contributed by atoms with Gasteiger partial charge in [-0.05, 0) is 13.0 Å². The molecule has 0 aliphatic carbocycles. The van der Waals surface area contributed by atoms with E-state index >= 15 is 0 Å². The second-order valence-electron chi connectivity index (χ2n) is 6.76. The van der Waals surface area contributed by atoms with E-state index < -0.39 is 0 Å². The van der Waals surface area contributed by atoms with Crippen LogP contribution in [0.1, 0.15) is 10.6 Å². The van der Waals surface area contributed by atoms with E-state index in [0.29, 0.717) is 18.1 Å². The number of rotatable bonds is 5. The summed E-state index contributed by atoms with van der Waals surface area (Å²) in [4.78, 5) is 17.9. The van der Waals surface area contributed by atoms with Gasteiger partial charge in [0.2, 0.25) is 5.91 Å². The number of piperazine rings is 1. The highest BCUT2D eigenvalue weighted by Gasteiger charge is 2.21. The fourth-order valence-corrected chi connectivity index (χ4v) is 4.82. The van der Waals surface area contributed by atoms with Crippen molar-refractivity contribution in [1.29, 1.82) is 0 Å². The Labute approximate surface area is 166 Å². The zero-order valence-electron chi connectivity index (χ0n) is 15.1. The molecule has 1 fully saturated rings. The summed E-state index contributed by atoms with van der Waals surface area (Å²) in [6.45, 7) is 6.56. The fourth-order valence-electron chi connectivity index (χ4n) is 3.29. The van der Waals surface area contributed by atoms with Crippen molar-refractivity contribution in [3.8, 4) is 0 Å². The SMILES string of the molecule is Cc1cc(NC(=O)CN2CCN(Cc3sc4ccccc4c3Cl)CC2)no1. The molecule has 142 valence electrons. The first-order valence-electron chi connectivity index (χ1n) is 8.92. The normalized spacial score (nSPS) is 16.1. The molecule has 0 atom stereocenters. The second-order valence-corrected chi connectivity index (χ2v) is 8.27. The molecule has 1 aliphatic rings. The number of anilines is 1. The molecule has 27 heavy (non-hydrogen) atoms. The number of aryl methyl sites for hydroxylation is 1. The van der Waals surface area contributed by atoms with Crippen LogP contribution in [-0.2, 0) is 11.3 Å². The predicted octanol–water partition coefficient (Wildman–Crippen LogP) is 3.61. The minimum Gasteiger partial charge on any atom is -0.360 e. The van der Waals surface area contributed by atoms with E-state index in [4.69, 9.17) is 16.1 Å². The molecule has 0 radical (unpaired) electrons. The van der Waals surface area contributed by atoms with E-state index in [1.807, 2.05) is 12.1 Å². The monoisotopic (exact) mass is 404 g/mol. The van der Waals surface area contributed by atoms with Crippen molar-refractivity contribution in [2.75, 3.05) is 38.0 Å². The Hall–Kier alpha value is -1.93. The molecule has 2 aromatic heterocycles. The van der Waals surface area contributed by atoms with Gasteiger partial charge in [-0.2, -0.15) is 0 Å². The quantitative estimate of drug-likeness (QED) is 0.703. The minimum atomic E-state index is -0.0655. The molecule has 1 aromatic carbocycles. The Bertz CT molecular complexity index is 946. The van der Waals surface area contributed by atoms with Crippen LogP contribution in [0.4, 0.5) is 5.82 Å². The number of amides is 1. The molecule has 0 unspecified atom stereocenters. The first kappa shape index (κ1) is 18.4. The maximum atomic E-state index is 12.1. The molecular formula is C19H21ClN4O2S. The molecular weight excluding hydrogens is 384 g/mol. The first-order valence-corrected chi connectivity index (χ1v) is 10.1. The largest absolute Gasteiger partial charge is 0.360 e. The van der Waals surface area contributed by atoms with Gasteiger partial charge in [0.1, 0.15) is 5.76 Å². The molecule has 4 rings (SSSR count). The van der Waals surface area contributed by atoms with E-state index in [0.717, 1.165) is 43.1 Å². The fraction of sp³-hybridized carbons (Fsp3) is 0.368. The van der Waals surface area contributed by atoms with E-state index in [-0.39, 0.29) is 5.91 Å². The number of nitrogens with one attached hydrogen (secondary N) is 1. The van der Waals surface area contributed by atoms with Crippen LogP contribution in [0.25, 0.3) is 10.1 Å². The van der Waals surface area contributed by atoms with Crippen molar-refractivity contribution in [3.05, 3.63) is 46.0 Å². The molecule has 1 saturated heterocycles. The Kier molecular flexibility index (Phi) is 5.45. The van der Waals surface area contributed by atoms with Crippen LogP contribution in [0.15, 0.2) is 34.9 Å². The Balaban J connectivity index is 1.28. The van der Waals surface area contributed by atoms with Gasteiger partial charge >= 0.3 is 0 Å². The summed E-state index contributed by atoms with van der Waals surface area (Å²) in [6, 6.07) is 9.97. The van der Waals surface area contributed by atoms with Gasteiger partial charge in [0, 0.05) is 53.8 Å². The minimum absolute atomic E-state index is 0.0655. The van der Waals surface area contributed by atoms with Crippen LogP contribution in [0, 0.1) is 6.92 Å². The number of carbonyl (C=O) groups is 1. The predicted molar refractivity (Wildman–Crippen MR) is 108 cm³/mol. The highest BCUT2D eigenvalue weighted by Crippen LogP contribution is 2.35. The van der Waals surface area contributed by atoms with Gasteiger partial charge in [0.05, 0.1) is 11.6 Å². The van der Waals surface area contributed by atoms with Gasteiger partial charge in [0.15, 0.2) is 5.82 Å². The maximum Gasteiger partial charge on any atom is 0.239 e. The number of halogens is 1. The van der Waals surface area contributed by atoms with Gasteiger partial charge in [-0.15, -0.1) is 11.3 Å². The van der Waals surface area contributed by atoms with Gasteiger partial charge in [-0.1, -0.05) is 35.0 Å². The summed E-state index contributed by atoms with van der Waals surface area (Å²) in [6.07, 6.45) is 0. The number of fused-ring (bicyclic) bond motifs is 1. The Morgan fingerprint density at radius 1 is 1.26 bits per heavy atom. The van der Waals surface area contributed by atoms with E-state index in [1.54, 1.807) is 24.3 Å². The third-order valence-electron chi connectivity index (χ3n) is 4.70. The molecule has 1 amide bonds. The lowest BCUT2D eigenvalue weighted by Gasteiger charge is -2.34. The average Bonchev–Trinajstić information content (AvgIpc) is 3.20. The standard InChI is InChI=1S/C19H21ClN4O2S/c1-13-10-17(22-26-13)21-18(25)12-24-8-6-23(7-9-24)11-16-19(20)14-4-2-3-5-15(14)27-16/h2-5,10H,6-9,11-12H2,1H3,(H,21,22,25). The van der Waals surface area contributed by atoms with Crippen molar-refractivity contribution >= 4 is 44.7 Å². The molecule has 1 aliphatic heterocycles. The zero-order chi connectivity index (χ0) is 18.8. The lowest BCUT2D eigenvalue weighted by Crippen LogP contribution is -2.48. The third-order valence-corrected chi connectivity index (χ3v) is 6.40. The molecule has 0 saturated carbocycles. The van der Waals surface area contributed by atoms with Crippen LogP contribution in [0.3, 0.4) is 0 Å². The summed E-state index contributed by atoms with van der Waals surface area (Å²) in [5.41, 5.74) is 0. The van der Waals surface area contributed by atoms with E-state index in [2.05, 4.69) is 32.4 Å². The molecule has 0 bridgehead atoms. The van der Waals surface area contributed by atoms with Crippen LogP contribution < -0.4 is 5.32 Å². The van der Waals surface area contributed by atoms with Crippen LogP contribution >= 0.6 is 22.9 Å². The van der Waals surface area contributed by atoms with Crippen LogP contribution in [0.5, 0.6) is 0 Å². The van der Waals surface area contributed by atoms with Gasteiger partial charge in [0.25, 0.3) is 0 Å². The summed E-state index contributed by atoms with van der Waals surface area (Å²) < 4.78 is 6.19. The lowest BCUT2D eigenvalue weighted by atomic mass is 10.2. The first-order chi connectivity index (χ1) is 13.1. The number of thiophene rings is 1. The Morgan fingerprint density at radius 3 is 2.70 bits per heavy atom. The van der Waals surface area contributed by atoms with Crippen molar-refractivity contribution in [2.24, 2.45) is 0 Å². The molecule has 3 heterocycles. The number of aromatic nitrogens is 1. The average molecular weight is 405 g/mol. The summed E-state index contributed by atoms with van der Waals surface area (Å²) in [7, 11) is 0. The van der Waals surface area contributed by atoms with Crippen molar-refractivity contribution in [3.63, 3.8) is 0 Å². The van der Waals surface area contributed by atoms with E-state index in [1.165, 1.54) is 9.58 Å². The number of hydrogen-bond acceptors (Lipinski definition) is 6. The summed E-state index contributed by atoms with van der Waals surface area (Å²) in [5.74, 6) is 1.08. The zero-order valence-corrected chi connectivity index (χ0v) is 16.6. The van der Waals surface area contributed by atoms with Crippen molar-refractivity contribution in [1.82, 2.24) is 15.0 Å². The van der Waals surface area contributed by atoms with Gasteiger partial charge < -0.3 is 9.84 Å². The highest BCUT2D eigenvalue weighted by atomic mass is 35.5. The molecule has 1 N–H and O–H groups in total. The summed E-state index contributed by atoms with van der Waals surface area (Å²) in [5, 5.41) is 8.57. The van der Waals surface area contributed by atoms with Crippen molar-refractivity contribution < 1.29 is 9.32 Å². The summed E-state index contributed by atoms with van der Waals surface area (Å²) >= 11 is 8.32. The number of carbonyl (C=O) groups excluding carboxylic acids is 1. The lowest BCUT2D eigenvalue weighted by molar-refractivity contribution is -0.117. The van der Waals surface area contributed by atoms with Crippen LogP contribution in [0.2, 0.25) is 5.02 Å². The van der Waals surface area contributed by atoms with Crippen LogP contribution in [-0.4, -0.2) is 53.6 Å². The molecule has 6 nitrogen and oxygen atoms in total. The number of hydrogen-bond donors (Lipinski definition) is 1. The molecule has 0 spiro atoms. The topological polar surface area (TPSA) is 61.6 Å². The van der Waals surface area contributed by atoms with E-state index in [9.17, 15) is 4.79 Å². The second kappa shape index (κ2) is 7.98. The van der Waals surface area contributed by atoms with Gasteiger partial charge in [-0.3, -0.25) is 14.6 Å². The number of benzene rings is 1. The molecule has 3 aromatic rings. The highest BCUT2D eigenvalue weighted by molar-refractivity contribution is 7.19. The third kappa shape index (κ3) is 4.32.